The molecule has 0 aromatic rings. The molecule has 2 aliphatic heterocycles. The van der Waals surface area contributed by atoms with Crippen LogP contribution in [-0.4, -0.2) is 109 Å². The number of rotatable bonds is 9. The molecule has 2 fully saturated rings. The first-order chi connectivity index (χ1) is 18.4. The number of hydrogen-bond acceptors (Lipinski definition) is 11. The average molecular weight is 557 g/mol. The SMILES string of the molecule is C#CCO[C@@H]1OC(CO)[C@@H](O)[C@H](O)C1NC(C)=O.C#CCO[C@@H]1OC(COC(C)=O)[C@@H](C)[C@H](C)C1NC(C)=O. The predicted molar refractivity (Wildman–Crippen MR) is 136 cm³/mol. The highest BCUT2D eigenvalue weighted by Crippen LogP contribution is 2.31. The lowest BCUT2D eigenvalue weighted by Gasteiger charge is -2.44. The number of ether oxygens (including phenoxy) is 5. The zero-order chi connectivity index (χ0) is 29.7. The average Bonchev–Trinajstić information content (AvgIpc) is 2.88. The molecule has 0 aliphatic carbocycles. The zero-order valence-corrected chi connectivity index (χ0v) is 22.9. The lowest BCUT2D eigenvalue weighted by Crippen LogP contribution is -2.64. The summed E-state index contributed by atoms with van der Waals surface area (Å²) < 4.78 is 26.7. The number of aliphatic hydroxyl groups excluding tert-OH is 3. The number of carbonyl (C=O) groups excluding carboxylic acids is 3. The highest BCUT2D eigenvalue weighted by molar-refractivity contribution is 5.73. The lowest BCUT2D eigenvalue weighted by molar-refractivity contribution is -0.266. The molecule has 13 heteroatoms. The summed E-state index contributed by atoms with van der Waals surface area (Å²) >= 11 is 0. The third-order valence-corrected chi connectivity index (χ3v) is 6.32. The third-order valence-electron chi connectivity index (χ3n) is 6.32. The molecule has 220 valence electrons. The van der Waals surface area contributed by atoms with Crippen molar-refractivity contribution in [3.63, 3.8) is 0 Å². The summed E-state index contributed by atoms with van der Waals surface area (Å²) in [6.45, 7) is 7.72. The van der Waals surface area contributed by atoms with Crippen molar-refractivity contribution in [1.82, 2.24) is 10.6 Å². The van der Waals surface area contributed by atoms with Crippen molar-refractivity contribution in [3.8, 4) is 24.7 Å². The van der Waals surface area contributed by atoms with Gasteiger partial charge in [0.05, 0.1) is 18.8 Å². The van der Waals surface area contributed by atoms with E-state index < -0.39 is 49.4 Å². The summed E-state index contributed by atoms with van der Waals surface area (Å²) in [6.07, 6.45) is 4.63. The Labute approximate surface area is 228 Å². The van der Waals surface area contributed by atoms with Gasteiger partial charge in [0.1, 0.15) is 44.2 Å². The van der Waals surface area contributed by atoms with Gasteiger partial charge in [0, 0.05) is 20.8 Å². The molecular formula is C26H40N2O11. The molecular weight excluding hydrogens is 516 g/mol. The monoisotopic (exact) mass is 556 g/mol. The van der Waals surface area contributed by atoms with Crippen molar-refractivity contribution in [2.75, 3.05) is 26.4 Å². The van der Waals surface area contributed by atoms with E-state index in [2.05, 4.69) is 22.5 Å². The first kappa shape index (κ1) is 34.3. The lowest BCUT2D eigenvalue weighted by atomic mass is 9.82. The number of carbonyl (C=O) groups is 3. The largest absolute Gasteiger partial charge is 0.463 e. The van der Waals surface area contributed by atoms with E-state index in [4.69, 9.17) is 41.6 Å². The smallest absolute Gasteiger partial charge is 0.302 e. The molecule has 13 nitrogen and oxygen atoms in total. The first-order valence-electron chi connectivity index (χ1n) is 12.4. The van der Waals surface area contributed by atoms with Crippen LogP contribution in [0.15, 0.2) is 0 Å². The molecule has 0 aromatic heterocycles. The summed E-state index contributed by atoms with van der Waals surface area (Å²) in [5, 5.41) is 33.8. The van der Waals surface area contributed by atoms with Crippen LogP contribution in [0.3, 0.4) is 0 Å². The maximum atomic E-state index is 11.3. The molecule has 0 bridgehead atoms. The number of aliphatic hydroxyl groups is 3. The normalized spacial score (nSPS) is 33.8. The van der Waals surface area contributed by atoms with Crippen LogP contribution >= 0.6 is 0 Å². The van der Waals surface area contributed by atoms with Crippen molar-refractivity contribution >= 4 is 17.8 Å². The molecule has 0 saturated carbocycles. The Morgan fingerprint density at radius 3 is 1.77 bits per heavy atom. The zero-order valence-electron chi connectivity index (χ0n) is 22.9. The van der Waals surface area contributed by atoms with Crippen LogP contribution in [0.25, 0.3) is 0 Å². The van der Waals surface area contributed by atoms with E-state index in [1.165, 1.54) is 20.8 Å². The standard InChI is InChI=1S/C15H23NO5.C11H17NO6/c1-6-7-19-15-14(16-11(4)17)10(3)9(2)13(21-15)8-20-12(5)18;1-3-4-17-11-8(12-6(2)14)10(16)9(15)7(5-13)18-11/h1,9-10,13-15H,7-8H2,2-5H3,(H,16,17);1,7-11,13,15-16H,4-5H2,2H3,(H,12,14)/t9-,10-,13?,14?,15+;7?,8?,9-,10-,11-/m01/s1. The Bertz CT molecular complexity index is 884. The van der Waals surface area contributed by atoms with Gasteiger partial charge in [0.15, 0.2) is 12.6 Å². The molecule has 0 aromatic carbocycles. The Morgan fingerprint density at radius 2 is 1.31 bits per heavy atom. The van der Waals surface area contributed by atoms with E-state index in [9.17, 15) is 24.6 Å². The summed E-state index contributed by atoms with van der Waals surface area (Å²) in [5.41, 5.74) is 0. The van der Waals surface area contributed by atoms with Gasteiger partial charge >= 0.3 is 5.97 Å². The van der Waals surface area contributed by atoms with Crippen LogP contribution in [-0.2, 0) is 38.1 Å². The molecule has 2 amide bonds. The maximum Gasteiger partial charge on any atom is 0.302 e. The third kappa shape index (κ3) is 10.7. The van der Waals surface area contributed by atoms with Gasteiger partial charge in [-0.15, -0.1) is 12.8 Å². The minimum absolute atomic E-state index is 0.0816. The fourth-order valence-corrected chi connectivity index (χ4v) is 4.14. The second-order valence-electron chi connectivity index (χ2n) is 9.25. The topological polar surface area (TPSA) is 182 Å². The second-order valence-corrected chi connectivity index (χ2v) is 9.25. The molecule has 2 rings (SSSR count). The number of terminal acetylenes is 2. The summed E-state index contributed by atoms with van der Waals surface area (Å²) in [6, 6.07) is -1.24. The Hall–Kier alpha value is -2.75. The minimum atomic E-state index is -1.32. The van der Waals surface area contributed by atoms with Gasteiger partial charge in [-0.05, 0) is 11.8 Å². The van der Waals surface area contributed by atoms with Crippen molar-refractivity contribution in [2.45, 2.75) is 83.7 Å². The molecule has 39 heavy (non-hydrogen) atoms. The van der Waals surface area contributed by atoms with Crippen LogP contribution in [0.2, 0.25) is 0 Å². The van der Waals surface area contributed by atoms with Gasteiger partial charge in [0.2, 0.25) is 11.8 Å². The Morgan fingerprint density at radius 1 is 0.821 bits per heavy atom. The quantitative estimate of drug-likeness (QED) is 0.161. The van der Waals surface area contributed by atoms with Crippen LogP contribution in [0.5, 0.6) is 0 Å². The predicted octanol–water partition coefficient (Wildman–Crippen LogP) is -1.72. The van der Waals surface area contributed by atoms with E-state index in [0.29, 0.717) is 0 Å². The Balaban J connectivity index is 0.000000395. The van der Waals surface area contributed by atoms with Gasteiger partial charge in [-0.3, -0.25) is 14.4 Å². The van der Waals surface area contributed by atoms with Gasteiger partial charge in [0.25, 0.3) is 0 Å². The molecule has 0 spiro atoms. The minimum Gasteiger partial charge on any atom is -0.463 e. The summed E-state index contributed by atoms with van der Waals surface area (Å²) in [5.74, 6) is 3.86. The van der Waals surface area contributed by atoms with Gasteiger partial charge in [-0.2, -0.15) is 0 Å². The summed E-state index contributed by atoms with van der Waals surface area (Å²) in [7, 11) is 0. The second kappa shape index (κ2) is 17.0. The van der Waals surface area contributed by atoms with E-state index in [1.807, 2.05) is 13.8 Å². The number of amides is 2. The van der Waals surface area contributed by atoms with E-state index >= 15 is 0 Å². The molecule has 10 atom stereocenters. The molecule has 0 radical (unpaired) electrons. The van der Waals surface area contributed by atoms with Gasteiger partial charge in [-0.25, -0.2) is 0 Å². The highest BCUT2D eigenvalue weighted by atomic mass is 16.7. The van der Waals surface area contributed by atoms with Crippen molar-refractivity contribution < 1.29 is 53.4 Å². The van der Waals surface area contributed by atoms with Gasteiger partial charge < -0.3 is 49.6 Å². The van der Waals surface area contributed by atoms with Gasteiger partial charge in [-0.1, -0.05) is 25.7 Å². The highest BCUT2D eigenvalue weighted by Gasteiger charge is 2.45. The molecule has 2 saturated heterocycles. The van der Waals surface area contributed by atoms with Crippen LogP contribution in [0, 0.1) is 36.5 Å². The van der Waals surface area contributed by atoms with E-state index in [1.54, 1.807) is 0 Å². The van der Waals surface area contributed by atoms with Crippen molar-refractivity contribution in [3.05, 3.63) is 0 Å². The van der Waals surface area contributed by atoms with Crippen LogP contribution in [0.1, 0.15) is 34.6 Å². The number of hydrogen-bond donors (Lipinski definition) is 5. The fourth-order valence-electron chi connectivity index (χ4n) is 4.14. The number of nitrogens with one attached hydrogen (secondary N) is 2. The fraction of sp³-hybridized carbons (Fsp3) is 0.731. The van der Waals surface area contributed by atoms with Crippen LogP contribution < -0.4 is 10.6 Å². The molecule has 2 heterocycles. The van der Waals surface area contributed by atoms with E-state index in [-0.39, 0.29) is 55.7 Å². The van der Waals surface area contributed by atoms with Crippen molar-refractivity contribution in [2.24, 2.45) is 11.8 Å². The molecule has 5 N–H and O–H groups in total. The van der Waals surface area contributed by atoms with Crippen LogP contribution in [0.4, 0.5) is 0 Å². The summed E-state index contributed by atoms with van der Waals surface area (Å²) in [4.78, 5) is 33.3. The first-order valence-corrected chi connectivity index (χ1v) is 12.4. The Kier molecular flexibility index (Phi) is 15.0. The molecule has 4 unspecified atom stereocenters. The maximum absolute atomic E-state index is 11.3. The van der Waals surface area contributed by atoms with E-state index in [0.717, 1.165) is 0 Å². The number of esters is 1. The molecule has 2 aliphatic rings. The van der Waals surface area contributed by atoms with Crippen molar-refractivity contribution in [1.29, 1.82) is 0 Å².